The summed E-state index contributed by atoms with van der Waals surface area (Å²) in [6.07, 6.45) is 7.07. The summed E-state index contributed by atoms with van der Waals surface area (Å²) in [5.74, 6) is 0. The van der Waals surface area contributed by atoms with Crippen LogP contribution >= 0.6 is 0 Å². The van der Waals surface area contributed by atoms with Crippen molar-refractivity contribution in [1.82, 2.24) is 4.98 Å². The molecule has 0 radical (unpaired) electrons. The molecule has 0 aromatic carbocycles. The Kier molecular flexibility index (Phi) is 3.40. The van der Waals surface area contributed by atoms with E-state index >= 15 is 0 Å². The van der Waals surface area contributed by atoms with E-state index in [1.165, 1.54) is 25.7 Å². The Bertz CT molecular complexity index is 371. The highest BCUT2D eigenvalue weighted by molar-refractivity contribution is 5.47. The Hall–Kier alpha value is -1.56. The summed E-state index contributed by atoms with van der Waals surface area (Å²) in [6, 6.07) is 6.52. The second kappa shape index (κ2) is 4.98. The average molecular weight is 215 g/mol. The van der Waals surface area contributed by atoms with Crippen LogP contribution in [0.25, 0.3) is 0 Å². The maximum absolute atomic E-state index is 8.71. The van der Waals surface area contributed by atoms with Crippen LogP contribution in [-0.2, 0) is 0 Å². The van der Waals surface area contributed by atoms with Gasteiger partial charge in [-0.25, -0.2) is 4.98 Å². The minimum atomic E-state index is 0.492. The van der Waals surface area contributed by atoms with Crippen LogP contribution < -0.4 is 4.90 Å². The van der Waals surface area contributed by atoms with Gasteiger partial charge in [0.05, 0.1) is 11.9 Å². The smallest absolute Gasteiger partial charge is 0.140 e. The van der Waals surface area contributed by atoms with Crippen LogP contribution in [0.15, 0.2) is 18.3 Å². The molecule has 16 heavy (non-hydrogen) atoms. The van der Waals surface area contributed by atoms with Gasteiger partial charge in [0.15, 0.2) is 0 Å². The number of nitriles is 1. The van der Waals surface area contributed by atoms with E-state index < -0.39 is 0 Å². The van der Waals surface area contributed by atoms with Crippen molar-refractivity contribution in [2.45, 2.75) is 38.6 Å². The molecule has 1 aromatic rings. The summed E-state index contributed by atoms with van der Waals surface area (Å²) in [4.78, 5) is 6.54. The standard InChI is InChI=1S/C13H17N3/c1-2-16(12-5-3-4-6-12)13-8-7-11(9-14)15-10-13/h7-8,10,12H,2-6H2,1H3. The molecule has 1 aliphatic carbocycles. The van der Waals surface area contributed by atoms with Crippen molar-refractivity contribution in [3.05, 3.63) is 24.0 Å². The zero-order chi connectivity index (χ0) is 11.4. The Balaban J connectivity index is 2.16. The quantitative estimate of drug-likeness (QED) is 0.778. The van der Waals surface area contributed by atoms with Crippen LogP contribution in [0.5, 0.6) is 0 Å². The fourth-order valence-electron chi connectivity index (χ4n) is 2.49. The summed E-state index contributed by atoms with van der Waals surface area (Å²) in [6.45, 7) is 3.19. The lowest BCUT2D eigenvalue weighted by atomic mass is 10.2. The predicted octanol–water partition coefficient (Wildman–Crippen LogP) is 2.72. The number of pyridine rings is 1. The molecule has 0 unspecified atom stereocenters. The van der Waals surface area contributed by atoms with E-state index in [1.807, 2.05) is 12.3 Å². The fourth-order valence-corrected chi connectivity index (χ4v) is 2.49. The second-order valence-corrected chi connectivity index (χ2v) is 4.24. The molecule has 1 aromatic heterocycles. The van der Waals surface area contributed by atoms with Crippen LogP contribution in [0.3, 0.4) is 0 Å². The topological polar surface area (TPSA) is 39.9 Å². The summed E-state index contributed by atoms with van der Waals surface area (Å²) in [5, 5.41) is 8.71. The summed E-state index contributed by atoms with van der Waals surface area (Å²) >= 11 is 0. The lowest BCUT2D eigenvalue weighted by Crippen LogP contribution is -2.32. The molecule has 0 spiro atoms. The van der Waals surface area contributed by atoms with E-state index in [0.717, 1.165) is 12.2 Å². The molecule has 3 nitrogen and oxygen atoms in total. The molecule has 1 saturated carbocycles. The zero-order valence-electron chi connectivity index (χ0n) is 9.69. The normalized spacial score (nSPS) is 16.0. The number of anilines is 1. The largest absolute Gasteiger partial charge is 0.368 e. The van der Waals surface area contributed by atoms with Gasteiger partial charge in [0, 0.05) is 12.6 Å². The van der Waals surface area contributed by atoms with Crippen LogP contribution in [-0.4, -0.2) is 17.6 Å². The first-order valence-corrected chi connectivity index (χ1v) is 5.98. The lowest BCUT2D eigenvalue weighted by Gasteiger charge is -2.29. The van der Waals surface area contributed by atoms with E-state index in [9.17, 15) is 0 Å². The molecule has 0 aliphatic heterocycles. The van der Waals surface area contributed by atoms with Gasteiger partial charge in [-0.1, -0.05) is 12.8 Å². The van der Waals surface area contributed by atoms with Crippen molar-refractivity contribution in [2.75, 3.05) is 11.4 Å². The molecule has 1 heterocycles. The molecular weight excluding hydrogens is 198 g/mol. The minimum Gasteiger partial charge on any atom is -0.368 e. The molecule has 0 bridgehead atoms. The maximum Gasteiger partial charge on any atom is 0.140 e. The molecule has 0 amide bonds. The summed E-state index contributed by atoms with van der Waals surface area (Å²) in [5.41, 5.74) is 1.64. The molecule has 1 fully saturated rings. The van der Waals surface area contributed by atoms with Crippen molar-refractivity contribution in [1.29, 1.82) is 5.26 Å². The number of rotatable bonds is 3. The Morgan fingerprint density at radius 1 is 1.44 bits per heavy atom. The highest BCUT2D eigenvalue weighted by Gasteiger charge is 2.21. The predicted molar refractivity (Wildman–Crippen MR) is 64.2 cm³/mol. The molecular formula is C13H17N3. The van der Waals surface area contributed by atoms with Gasteiger partial charge in [-0.15, -0.1) is 0 Å². The first-order valence-electron chi connectivity index (χ1n) is 5.98. The van der Waals surface area contributed by atoms with E-state index in [0.29, 0.717) is 11.7 Å². The third-order valence-electron chi connectivity index (χ3n) is 3.30. The van der Waals surface area contributed by atoms with Gasteiger partial charge >= 0.3 is 0 Å². The highest BCUT2D eigenvalue weighted by Crippen LogP contribution is 2.27. The first-order chi connectivity index (χ1) is 7.85. The number of aromatic nitrogens is 1. The van der Waals surface area contributed by atoms with E-state index in [4.69, 9.17) is 5.26 Å². The molecule has 0 atom stereocenters. The number of hydrogen-bond acceptors (Lipinski definition) is 3. The monoisotopic (exact) mass is 215 g/mol. The highest BCUT2D eigenvalue weighted by atomic mass is 15.2. The second-order valence-electron chi connectivity index (χ2n) is 4.24. The molecule has 0 saturated heterocycles. The molecule has 0 N–H and O–H groups in total. The van der Waals surface area contributed by atoms with Crippen molar-refractivity contribution in [3.8, 4) is 6.07 Å². The SMILES string of the molecule is CCN(c1ccc(C#N)nc1)C1CCCC1. The maximum atomic E-state index is 8.71. The Labute approximate surface area is 96.7 Å². The lowest BCUT2D eigenvalue weighted by molar-refractivity contribution is 0.619. The van der Waals surface area contributed by atoms with E-state index in [2.05, 4.69) is 22.9 Å². The molecule has 1 aliphatic rings. The van der Waals surface area contributed by atoms with Crippen LogP contribution in [0, 0.1) is 11.3 Å². The third-order valence-corrected chi connectivity index (χ3v) is 3.30. The molecule has 2 rings (SSSR count). The zero-order valence-corrected chi connectivity index (χ0v) is 9.69. The van der Waals surface area contributed by atoms with Gasteiger partial charge in [0.25, 0.3) is 0 Å². The van der Waals surface area contributed by atoms with E-state index in [1.54, 1.807) is 6.07 Å². The van der Waals surface area contributed by atoms with Crippen LogP contribution in [0.4, 0.5) is 5.69 Å². The average Bonchev–Trinajstić information content (AvgIpc) is 2.85. The van der Waals surface area contributed by atoms with Gasteiger partial charge in [0.2, 0.25) is 0 Å². The van der Waals surface area contributed by atoms with Gasteiger partial charge in [-0.3, -0.25) is 0 Å². The minimum absolute atomic E-state index is 0.492. The summed E-state index contributed by atoms with van der Waals surface area (Å²) in [7, 11) is 0. The van der Waals surface area contributed by atoms with Crippen molar-refractivity contribution >= 4 is 5.69 Å². The number of hydrogen-bond donors (Lipinski definition) is 0. The van der Waals surface area contributed by atoms with Gasteiger partial charge in [-0.2, -0.15) is 5.26 Å². The molecule has 3 heteroatoms. The first kappa shape index (κ1) is 10.9. The molecule has 84 valence electrons. The van der Waals surface area contributed by atoms with Gasteiger partial charge < -0.3 is 4.90 Å². The third kappa shape index (κ3) is 2.16. The summed E-state index contributed by atoms with van der Waals surface area (Å²) < 4.78 is 0. The number of nitrogens with zero attached hydrogens (tertiary/aromatic N) is 3. The van der Waals surface area contributed by atoms with Gasteiger partial charge in [-0.05, 0) is 31.9 Å². The van der Waals surface area contributed by atoms with Crippen LogP contribution in [0.1, 0.15) is 38.3 Å². The Morgan fingerprint density at radius 3 is 2.69 bits per heavy atom. The van der Waals surface area contributed by atoms with Gasteiger partial charge in [0.1, 0.15) is 11.8 Å². The van der Waals surface area contributed by atoms with Crippen molar-refractivity contribution in [3.63, 3.8) is 0 Å². The van der Waals surface area contributed by atoms with E-state index in [-0.39, 0.29) is 0 Å². The van der Waals surface area contributed by atoms with Crippen molar-refractivity contribution in [2.24, 2.45) is 0 Å². The van der Waals surface area contributed by atoms with Crippen LogP contribution in [0.2, 0.25) is 0 Å². The fraction of sp³-hybridized carbons (Fsp3) is 0.538. The Morgan fingerprint density at radius 2 is 2.19 bits per heavy atom. The van der Waals surface area contributed by atoms with Crippen molar-refractivity contribution < 1.29 is 0 Å².